The van der Waals surface area contributed by atoms with Crippen LogP contribution in [0.2, 0.25) is 0 Å². The van der Waals surface area contributed by atoms with E-state index in [1.54, 1.807) is 11.3 Å². The number of carbonyl (C=O) groups excluding carboxylic acids is 1. The maximum Gasteiger partial charge on any atom is 0.253 e. The van der Waals surface area contributed by atoms with E-state index in [1.807, 2.05) is 35.2 Å². The fraction of sp³-hybridized carbons (Fsp3) is 0.391. The number of ether oxygens (including phenoxy) is 1. The van der Waals surface area contributed by atoms with Gasteiger partial charge in [-0.1, -0.05) is 32.0 Å². The lowest BCUT2D eigenvalue weighted by Crippen LogP contribution is -2.37. The summed E-state index contributed by atoms with van der Waals surface area (Å²) in [4.78, 5) is 19.7. The van der Waals surface area contributed by atoms with Crippen molar-refractivity contribution in [3.63, 3.8) is 0 Å². The lowest BCUT2D eigenvalue weighted by molar-refractivity contribution is 0.0712. The van der Waals surface area contributed by atoms with Gasteiger partial charge in [-0.15, -0.1) is 11.3 Å². The second kappa shape index (κ2) is 8.31. The molecule has 2 heterocycles. The van der Waals surface area contributed by atoms with Crippen LogP contribution in [0.5, 0.6) is 5.75 Å². The molecule has 0 spiro atoms. The van der Waals surface area contributed by atoms with Crippen molar-refractivity contribution in [2.24, 2.45) is 5.92 Å². The Morgan fingerprint density at radius 3 is 2.71 bits per heavy atom. The van der Waals surface area contributed by atoms with Crippen LogP contribution in [0.4, 0.5) is 0 Å². The number of thiazole rings is 1. The molecule has 146 valence electrons. The van der Waals surface area contributed by atoms with Crippen LogP contribution in [0, 0.1) is 5.92 Å². The van der Waals surface area contributed by atoms with Crippen molar-refractivity contribution >= 4 is 27.5 Å². The van der Waals surface area contributed by atoms with E-state index < -0.39 is 0 Å². The minimum absolute atomic E-state index is 0.0951. The smallest absolute Gasteiger partial charge is 0.253 e. The van der Waals surface area contributed by atoms with Gasteiger partial charge in [0.05, 0.1) is 21.8 Å². The van der Waals surface area contributed by atoms with E-state index >= 15 is 0 Å². The van der Waals surface area contributed by atoms with Crippen LogP contribution in [-0.2, 0) is 0 Å². The zero-order valence-electron chi connectivity index (χ0n) is 16.4. The number of hydrogen-bond donors (Lipinski definition) is 0. The van der Waals surface area contributed by atoms with Gasteiger partial charge in [-0.3, -0.25) is 4.79 Å². The SMILES string of the molecule is CC(C)COc1cccc(C(=O)N2CCC(c3nc4ccccc4s3)CC2)c1. The molecule has 5 heteroatoms. The molecule has 28 heavy (non-hydrogen) atoms. The minimum atomic E-state index is 0.0951. The normalized spacial score (nSPS) is 15.3. The molecule has 1 fully saturated rings. The van der Waals surface area contributed by atoms with E-state index in [4.69, 9.17) is 9.72 Å². The maximum atomic E-state index is 12.9. The third kappa shape index (κ3) is 4.20. The molecule has 1 aliphatic heterocycles. The zero-order chi connectivity index (χ0) is 19.5. The Morgan fingerprint density at radius 1 is 1.18 bits per heavy atom. The molecular weight excluding hydrogens is 368 g/mol. The number of hydrogen-bond acceptors (Lipinski definition) is 4. The molecule has 1 aliphatic rings. The average Bonchev–Trinajstić information content (AvgIpc) is 3.16. The van der Waals surface area contributed by atoms with Gasteiger partial charge in [-0.2, -0.15) is 0 Å². The Balaban J connectivity index is 1.39. The van der Waals surface area contributed by atoms with Crippen molar-refractivity contribution in [3.05, 3.63) is 59.1 Å². The fourth-order valence-corrected chi connectivity index (χ4v) is 4.70. The first-order valence-corrected chi connectivity index (χ1v) is 10.8. The van der Waals surface area contributed by atoms with E-state index in [0.717, 1.165) is 37.2 Å². The minimum Gasteiger partial charge on any atom is -0.493 e. The summed E-state index contributed by atoms with van der Waals surface area (Å²) >= 11 is 1.79. The molecule has 0 radical (unpaired) electrons. The molecule has 0 bridgehead atoms. The Morgan fingerprint density at radius 2 is 1.96 bits per heavy atom. The number of benzene rings is 2. The summed E-state index contributed by atoms with van der Waals surface area (Å²) in [5.74, 6) is 1.77. The summed E-state index contributed by atoms with van der Waals surface area (Å²) in [7, 11) is 0. The second-order valence-electron chi connectivity index (χ2n) is 7.82. The number of amides is 1. The topological polar surface area (TPSA) is 42.4 Å². The van der Waals surface area contributed by atoms with E-state index in [0.29, 0.717) is 24.0 Å². The summed E-state index contributed by atoms with van der Waals surface area (Å²) in [6, 6.07) is 15.9. The van der Waals surface area contributed by atoms with Gasteiger partial charge in [0.1, 0.15) is 5.75 Å². The number of carbonyl (C=O) groups is 1. The molecule has 0 aliphatic carbocycles. The molecule has 4 rings (SSSR count). The number of rotatable bonds is 5. The maximum absolute atomic E-state index is 12.9. The average molecular weight is 395 g/mol. The lowest BCUT2D eigenvalue weighted by atomic mass is 9.97. The third-order valence-electron chi connectivity index (χ3n) is 5.11. The fourth-order valence-electron chi connectivity index (χ4n) is 3.56. The summed E-state index contributed by atoms with van der Waals surface area (Å²) < 4.78 is 7.02. The van der Waals surface area contributed by atoms with Crippen LogP contribution in [0.25, 0.3) is 10.2 Å². The molecule has 0 saturated carbocycles. The van der Waals surface area contributed by atoms with E-state index in [2.05, 4.69) is 32.0 Å². The molecule has 1 aromatic heterocycles. The van der Waals surface area contributed by atoms with Gasteiger partial charge in [0.15, 0.2) is 0 Å². The number of nitrogens with zero attached hydrogens (tertiary/aromatic N) is 2. The van der Waals surface area contributed by atoms with Crippen LogP contribution in [0.3, 0.4) is 0 Å². The van der Waals surface area contributed by atoms with Crippen molar-refractivity contribution in [1.29, 1.82) is 0 Å². The van der Waals surface area contributed by atoms with Gasteiger partial charge in [0.25, 0.3) is 5.91 Å². The van der Waals surface area contributed by atoms with Crippen molar-refractivity contribution in [3.8, 4) is 5.75 Å². The van der Waals surface area contributed by atoms with Gasteiger partial charge in [0, 0.05) is 24.6 Å². The van der Waals surface area contributed by atoms with Crippen LogP contribution < -0.4 is 4.74 Å². The number of piperidine rings is 1. The summed E-state index contributed by atoms with van der Waals surface area (Å²) in [5, 5.41) is 1.21. The first-order valence-electron chi connectivity index (χ1n) is 9.98. The van der Waals surface area contributed by atoms with Gasteiger partial charge in [-0.25, -0.2) is 4.98 Å². The van der Waals surface area contributed by atoms with Gasteiger partial charge in [0.2, 0.25) is 0 Å². The summed E-state index contributed by atoms with van der Waals surface area (Å²) in [6.45, 7) is 6.44. The van der Waals surface area contributed by atoms with Crippen molar-refractivity contribution in [1.82, 2.24) is 9.88 Å². The van der Waals surface area contributed by atoms with Crippen molar-refractivity contribution in [2.45, 2.75) is 32.6 Å². The predicted molar refractivity (Wildman–Crippen MR) is 114 cm³/mol. The van der Waals surface area contributed by atoms with E-state index in [-0.39, 0.29) is 5.91 Å². The molecule has 2 aromatic carbocycles. The highest BCUT2D eigenvalue weighted by atomic mass is 32.1. The quantitative estimate of drug-likeness (QED) is 0.586. The molecule has 0 N–H and O–H groups in total. The molecule has 3 aromatic rings. The molecule has 0 atom stereocenters. The molecular formula is C23H26N2O2S. The molecule has 1 amide bonds. The Bertz CT molecular complexity index is 925. The van der Waals surface area contributed by atoms with Gasteiger partial charge < -0.3 is 9.64 Å². The number of para-hydroxylation sites is 1. The van der Waals surface area contributed by atoms with E-state index in [9.17, 15) is 4.79 Å². The zero-order valence-corrected chi connectivity index (χ0v) is 17.2. The van der Waals surface area contributed by atoms with Crippen LogP contribution in [-0.4, -0.2) is 35.5 Å². The standard InChI is InChI=1S/C23H26N2O2S/c1-16(2)15-27-19-7-5-6-18(14-19)23(26)25-12-10-17(11-13-25)22-24-20-8-3-4-9-21(20)28-22/h3-9,14,16-17H,10-13,15H2,1-2H3. The van der Waals surface area contributed by atoms with Crippen LogP contribution in [0.1, 0.15) is 48.0 Å². The summed E-state index contributed by atoms with van der Waals surface area (Å²) in [5.41, 5.74) is 1.79. The number of aromatic nitrogens is 1. The Kier molecular flexibility index (Phi) is 5.62. The second-order valence-corrected chi connectivity index (χ2v) is 8.88. The van der Waals surface area contributed by atoms with Gasteiger partial charge >= 0.3 is 0 Å². The first-order chi connectivity index (χ1) is 13.6. The van der Waals surface area contributed by atoms with Crippen molar-refractivity contribution < 1.29 is 9.53 Å². The highest BCUT2D eigenvalue weighted by molar-refractivity contribution is 7.18. The first kappa shape index (κ1) is 18.9. The molecule has 4 nitrogen and oxygen atoms in total. The Hall–Kier alpha value is -2.40. The monoisotopic (exact) mass is 394 g/mol. The lowest BCUT2D eigenvalue weighted by Gasteiger charge is -2.31. The van der Waals surface area contributed by atoms with Crippen molar-refractivity contribution in [2.75, 3.05) is 19.7 Å². The largest absolute Gasteiger partial charge is 0.493 e. The van der Waals surface area contributed by atoms with Gasteiger partial charge in [-0.05, 0) is 49.1 Å². The predicted octanol–water partition coefficient (Wildman–Crippen LogP) is 5.35. The highest BCUT2D eigenvalue weighted by Crippen LogP contribution is 2.34. The molecule has 1 saturated heterocycles. The highest BCUT2D eigenvalue weighted by Gasteiger charge is 2.26. The third-order valence-corrected chi connectivity index (χ3v) is 6.31. The number of fused-ring (bicyclic) bond motifs is 1. The summed E-state index contributed by atoms with van der Waals surface area (Å²) in [6.07, 6.45) is 1.93. The van der Waals surface area contributed by atoms with E-state index in [1.165, 1.54) is 9.71 Å². The van der Waals surface area contributed by atoms with Crippen LogP contribution in [0.15, 0.2) is 48.5 Å². The Labute approximate surface area is 170 Å². The van der Waals surface area contributed by atoms with Crippen LogP contribution >= 0.6 is 11.3 Å². The molecule has 0 unspecified atom stereocenters. The number of likely N-dealkylation sites (tertiary alicyclic amines) is 1.